The van der Waals surface area contributed by atoms with Gasteiger partial charge >= 0.3 is 0 Å². The summed E-state index contributed by atoms with van der Waals surface area (Å²) in [6.07, 6.45) is 0.591. The topological polar surface area (TPSA) is 29.5 Å². The molecule has 0 radical (unpaired) electrons. The number of carbonyl (C=O) groups is 1. The molecule has 2 aromatic rings. The number of rotatable bonds is 2. The van der Waals surface area contributed by atoms with Crippen LogP contribution in [0, 0.1) is 11.6 Å². The molecule has 1 amide bonds. The SMILES string of the molecule is COC1CCN(C(=O)c2ccc(F)c(F)c2)c2ccccc21. The second kappa shape index (κ2) is 5.85. The predicted octanol–water partition coefficient (Wildman–Crippen LogP) is 3.70. The third-order valence-corrected chi connectivity index (χ3v) is 3.89. The lowest BCUT2D eigenvalue weighted by molar-refractivity contribution is 0.0868. The molecule has 1 unspecified atom stereocenters. The lowest BCUT2D eigenvalue weighted by Gasteiger charge is -2.33. The number of amides is 1. The highest BCUT2D eigenvalue weighted by molar-refractivity contribution is 6.06. The zero-order chi connectivity index (χ0) is 15.7. The first-order valence-corrected chi connectivity index (χ1v) is 7.00. The number of ether oxygens (including phenoxy) is 1. The van der Waals surface area contributed by atoms with Gasteiger partial charge in [-0.3, -0.25) is 4.79 Å². The van der Waals surface area contributed by atoms with Gasteiger partial charge in [-0.05, 0) is 30.7 Å². The van der Waals surface area contributed by atoms with Crippen LogP contribution < -0.4 is 4.90 Å². The maximum Gasteiger partial charge on any atom is 0.258 e. The second-order valence-corrected chi connectivity index (χ2v) is 5.16. The number of carbonyl (C=O) groups excluding carboxylic acids is 1. The normalized spacial score (nSPS) is 17.2. The quantitative estimate of drug-likeness (QED) is 0.846. The third kappa shape index (κ3) is 2.48. The summed E-state index contributed by atoms with van der Waals surface area (Å²) >= 11 is 0. The monoisotopic (exact) mass is 303 g/mol. The highest BCUT2D eigenvalue weighted by Crippen LogP contribution is 2.36. The van der Waals surface area contributed by atoms with Crippen molar-refractivity contribution in [3.05, 3.63) is 65.2 Å². The van der Waals surface area contributed by atoms with Gasteiger partial charge in [0.25, 0.3) is 5.91 Å². The summed E-state index contributed by atoms with van der Waals surface area (Å²) in [7, 11) is 1.63. The van der Waals surface area contributed by atoms with E-state index in [1.807, 2.05) is 24.3 Å². The van der Waals surface area contributed by atoms with Crippen LogP contribution in [-0.4, -0.2) is 19.6 Å². The number of methoxy groups -OCH3 is 1. The molecule has 114 valence electrons. The number of nitrogens with zero attached hydrogens (tertiary/aromatic N) is 1. The van der Waals surface area contributed by atoms with Crippen molar-refractivity contribution >= 4 is 11.6 Å². The van der Waals surface area contributed by atoms with Gasteiger partial charge in [-0.2, -0.15) is 0 Å². The van der Waals surface area contributed by atoms with Crippen molar-refractivity contribution in [2.75, 3.05) is 18.6 Å². The maximum absolute atomic E-state index is 13.4. The van der Waals surface area contributed by atoms with Gasteiger partial charge in [0.1, 0.15) is 0 Å². The number of benzene rings is 2. The summed E-state index contributed by atoms with van der Waals surface area (Å²) in [5, 5.41) is 0. The highest BCUT2D eigenvalue weighted by Gasteiger charge is 2.29. The summed E-state index contributed by atoms with van der Waals surface area (Å²) < 4.78 is 31.8. The van der Waals surface area contributed by atoms with Crippen molar-refractivity contribution < 1.29 is 18.3 Å². The van der Waals surface area contributed by atoms with E-state index < -0.39 is 11.6 Å². The van der Waals surface area contributed by atoms with E-state index in [1.54, 1.807) is 12.0 Å². The molecule has 1 aliphatic heterocycles. The van der Waals surface area contributed by atoms with E-state index in [1.165, 1.54) is 6.07 Å². The molecule has 1 atom stereocenters. The van der Waals surface area contributed by atoms with Crippen molar-refractivity contribution in [3.63, 3.8) is 0 Å². The van der Waals surface area contributed by atoms with Crippen LogP contribution in [0.4, 0.5) is 14.5 Å². The summed E-state index contributed by atoms with van der Waals surface area (Å²) in [5.41, 5.74) is 1.80. The molecule has 0 aromatic heterocycles. The molecule has 0 saturated carbocycles. The molecule has 0 aliphatic carbocycles. The minimum absolute atomic E-state index is 0.0646. The summed E-state index contributed by atoms with van der Waals surface area (Å²) in [6.45, 7) is 0.466. The first-order valence-electron chi connectivity index (χ1n) is 7.00. The molecule has 0 bridgehead atoms. The van der Waals surface area contributed by atoms with Crippen LogP contribution in [0.5, 0.6) is 0 Å². The number of halogens is 2. The Kier molecular flexibility index (Phi) is 3.90. The van der Waals surface area contributed by atoms with Crippen molar-refractivity contribution in [1.29, 1.82) is 0 Å². The Hall–Kier alpha value is -2.27. The van der Waals surface area contributed by atoms with Gasteiger partial charge in [0.15, 0.2) is 11.6 Å². The summed E-state index contributed by atoms with van der Waals surface area (Å²) in [6, 6.07) is 10.7. The minimum atomic E-state index is -1.02. The lowest BCUT2D eigenvalue weighted by atomic mass is 9.98. The van der Waals surface area contributed by atoms with Gasteiger partial charge in [0.05, 0.1) is 6.10 Å². The Morgan fingerprint density at radius 1 is 1.18 bits per heavy atom. The lowest BCUT2D eigenvalue weighted by Crippen LogP contribution is -2.37. The Balaban J connectivity index is 1.98. The highest BCUT2D eigenvalue weighted by atomic mass is 19.2. The first-order chi connectivity index (χ1) is 10.6. The van der Waals surface area contributed by atoms with Crippen molar-refractivity contribution in [3.8, 4) is 0 Å². The zero-order valence-electron chi connectivity index (χ0n) is 12.1. The average Bonchev–Trinajstić information content (AvgIpc) is 2.55. The van der Waals surface area contributed by atoms with E-state index in [0.717, 1.165) is 23.4 Å². The summed E-state index contributed by atoms with van der Waals surface area (Å²) in [4.78, 5) is 14.2. The van der Waals surface area contributed by atoms with E-state index in [2.05, 4.69) is 0 Å². The van der Waals surface area contributed by atoms with Gasteiger partial charge in [-0.15, -0.1) is 0 Å². The van der Waals surface area contributed by atoms with Crippen LogP contribution in [0.3, 0.4) is 0 Å². The molecular formula is C17H15F2NO2. The van der Waals surface area contributed by atoms with Crippen molar-refractivity contribution in [1.82, 2.24) is 0 Å². The van der Waals surface area contributed by atoms with Crippen LogP contribution >= 0.6 is 0 Å². The fraction of sp³-hybridized carbons (Fsp3) is 0.235. The number of fused-ring (bicyclic) bond motifs is 1. The van der Waals surface area contributed by atoms with E-state index in [0.29, 0.717) is 13.0 Å². The number of hydrogen-bond acceptors (Lipinski definition) is 2. The van der Waals surface area contributed by atoms with Crippen molar-refractivity contribution in [2.45, 2.75) is 12.5 Å². The number of para-hydroxylation sites is 1. The predicted molar refractivity (Wildman–Crippen MR) is 78.8 cm³/mol. The van der Waals surface area contributed by atoms with Gasteiger partial charge in [0, 0.05) is 30.5 Å². The van der Waals surface area contributed by atoms with E-state index >= 15 is 0 Å². The van der Waals surface area contributed by atoms with Crippen LogP contribution in [0.25, 0.3) is 0 Å². The van der Waals surface area contributed by atoms with Gasteiger partial charge in [-0.1, -0.05) is 18.2 Å². The fourth-order valence-corrected chi connectivity index (χ4v) is 2.77. The third-order valence-electron chi connectivity index (χ3n) is 3.89. The minimum Gasteiger partial charge on any atom is -0.377 e. The van der Waals surface area contributed by atoms with Crippen LogP contribution in [-0.2, 0) is 4.74 Å². The molecule has 0 spiro atoms. The molecule has 3 rings (SSSR count). The van der Waals surface area contributed by atoms with E-state index in [4.69, 9.17) is 4.74 Å². The van der Waals surface area contributed by atoms with Crippen LogP contribution in [0.1, 0.15) is 28.4 Å². The van der Waals surface area contributed by atoms with Gasteiger partial charge < -0.3 is 9.64 Å². The Morgan fingerprint density at radius 2 is 1.95 bits per heavy atom. The van der Waals surface area contributed by atoms with E-state index in [9.17, 15) is 13.6 Å². The number of anilines is 1. The van der Waals surface area contributed by atoms with E-state index in [-0.39, 0.29) is 17.6 Å². The Bertz CT molecular complexity index is 718. The summed E-state index contributed by atoms with van der Waals surface area (Å²) in [5.74, 6) is -2.33. The average molecular weight is 303 g/mol. The first kappa shape index (κ1) is 14.7. The zero-order valence-corrected chi connectivity index (χ0v) is 12.1. The Morgan fingerprint density at radius 3 is 2.68 bits per heavy atom. The molecule has 22 heavy (non-hydrogen) atoms. The molecule has 0 fully saturated rings. The van der Waals surface area contributed by atoms with Gasteiger partial charge in [0.2, 0.25) is 0 Å². The van der Waals surface area contributed by atoms with Crippen LogP contribution in [0.2, 0.25) is 0 Å². The number of hydrogen-bond donors (Lipinski definition) is 0. The molecule has 0 N–H and O–H groups in total. The molecule has 1 aliphatic rings. The molecule has 5 heteroatoms. The largest absolute Gasteiger partial charge is 0.377 e. The Labute approximate surface area is 127 Å². The molecule has 3 nitrogen and oxygen atoms in total. The van der Waals surface area contributed by atoms with Crippen LogP contribution in [0.15, 0.2) is 42.5 Å². The molecule has 2 aromatic carbocycles. The molecule has 0 saturated heterocycles. The maximum atomic E-state index is 13.4. The van der Waals surface area contributed by atoms with Crippen molar-refractivity contribution in [2.24, 2.45) is 0 Å². The molecule has 1 heterocycles. The standard InChI is InChI=1S/C17H15F2NO2/c1-22-16-8-9-20(15-5-3-2-4-12(15)16)17(21)11-6-7-13(18)14(19)10-11/h2-7,10,16H,8-9H2,1H3. The smallest absolute Gasteiger partial charge is 0.258 e. The second-order valence-electron chi connectivity index (χ2n) is 5.16. The fourth-order valence-electron chi connectivity index (χ4n) is 2.77. The van der Waals surface area contributed by atoms with Gasteiger partial charge in [-0.25, -0.2) is 8.78 Å². The molecular weight excluding hydrogens is 288 g/mol.